The van der Waals surface area contributed by atoms with E-state index in [1.165, 1.54) is 0 Å². The highest BCUT2D eigenvalue weighted by Gasteiger charge is 2.23. The molecule has 17 heavy (non-hydrogen) atoms. The normalized spacial score (nSPS) is 15.2. The molecular weight excluding hydrogens is 218 g/mol. The molecule has 94 valence electrons. The SMILES string of the molecule is CC(C)NCc1cn(CC(=O)NC2CC2)nn1. The summed E-state index contributed by atoms with van der Waals surface area (Å²) in [5.74, 6) is 0.0146. The maximum Gasteiger partial charge on any atom is 0.242 e. The summed E-state index contributed by atoms with van der Waals surface area (Å²) >= 11 is 0. The maximum absolute atomic E-state index is 11.5. The standard InChI is InChI=1S/C11H19N5O/c1-8(2)12-5-10-6-16(15-14-10)7-11(17)13-9-3-4-9/h6,8-9,12H,3-5,7H2,1-2H3,(H,13,17). The van der Waals surface area contributed by atoms with Crippen LogP contribution in [0.4, 0.5) is 0 Å². The van der Waals surface area contributed by atoms with E-state index in [2.05, 4.69) is 34.8 Å². The van der Waals surface area contributed by atoms with Crippen LogP contribution in [-0.2, 0) is 17.9 Å². The van der Waals surface area contributed by atoms with Gasteiger partial charge in [-0.1, -0.05) is 19.1 Å². The van der Waals surface area contributed by atoms with Crippen molar-refractivity contribution in [2.75, 3.05) is 0 Å². The fraction of sp³-hybridized carbons (Fsp3) is 0.727. The lowest BCUT2D eigenvalue weighted by molar-refractivity contribution is -0.122. The van der Waals surface area contributed by atoms with Crippen LogP contribution in [0.5, 0.6) is 0 Å². The lowest BCUT2D eigenvalue weighted by Gasteiger charge is -2.04. The van der Waals surface area contributed by atoms with Crippen LogP contribution in [0.15, 0.2) is 6.20 Å². The zero-order valence-corrected chi connectivity index (χ0v) is 10.3. The molecule has 1 saturated carbocycles. The quantitative estimate of drug-likeness (QED) is 0.733. The van der Waals surface area contributed by atoms with Crippen molar-refractivity contribution >= 4 is 5.91 Å². The van der Waals surface area contributed by atoms with Gasteiger partial charge in [-0.3, -0.25) is 4.79 Å². The minimum absolute atomic E-state index is 0.0146. The van der Waals surface area contributed by atoms with E-state index in [1.807, 2.05) is 6.20 Å². The highest BCUT2D eigenvalue weighted by atomic mass is 16.2. The highest BCUT2D eigenvalue weighted by molar-refractivity contribution is 5.76. The first kappa shape index (κ1) is 12.0. The fourth-order valence-corrected chi connectivity index (χ4v) is 1.45. The molecule has 1 aliphatic carbocycles. The number of hydrogen-bond acceptors (Lipinski definition) is 4. The lowest BCUT2D eigenvalue weighted by Crippen LogP contribution is -2.29. The minimum atomic E-state index is 0.0146. The number of amides is 1. The molecule has 1 aromatic heterocycles. The molecule has 1 amide bonds. The Bertz CT molecular complexity index is 383. The second-order valence-electron chi connectivity index (χ2n) is 4.78. The third-order valence-corrected chi connectivity index (χ3v) is 2.53. The molecule has 6 heteroatoms. The van der Waals surface area contributed by atoms with Crippen molar-refractivity contribution < 1.29 is 4.79 Å². The van der Waals surface area contributed by atoms with Gasteiger partial charge in [-0.2, -0.15) is 0 Å². The zero-order chi connectivity index (χ0) is 12.3. The molecule has 2 N–H and O–H groups in total. The third kappa shape index (κ3) is 4.14. The first-order valence-electron chi connectivity index (χ1n) is 6.05. The van der Waals surface area contributed by atoms with Gasteiger partial charge in [0.2, 0.25) is 5.91 Å². The van der Waals surface area contributed by atoms with Gasteiger partial charge in [-0.05, 0) is 12.8 Å². The van der Waals surface area contributed by atoms with E-state index in [0.717, 1.165) is 18.5 Å². The molecule has 0 atom stereocenters. The molecular formula is C11H19N5O. The molecule has 1 aliphatic rings. The molecule has 0 aliphatic heterocycles. The van der Waals surface area contributed by atoms with Crippen molar-refractivity contribution in [2.45, 2.75) is 51.9 Å². The second kappa shape index (κ2) is 5.27. The van der Waals surface area contributed by atoms with Crippen LogP contribution in [0.1, 0.15) is 32.4 Å². The summed E-state index contributed by atoms with van der Waals surface area (Å²) in [5, 5.41) is 14.1. The van der Waals surface area contributed by atoms with E-state index >= 15 is 0 Å². The Morgan fingerprint density at radius 1 is 1.59 bits per heavy atom. The number of aromatic nitrogens is 3. The molecule has 0 saturated heterocycles. The first-order chi connectivity index (χ1) is 8.13. The number of hydrogen-bond donors (Lipinski definition) is 2. The predicted molar refractivity (Wildman–Crippen MR) is 63.2 cm³/mol. The summed E-state index contributed by atoms with van der Waals surface area (Å²) in [6.45, 7) is 5.09. The molecule has 0 radical (unpaired) electrons. The lowest BCUT2D eigenvalue weighted by atomic mass is 10.3. The Morgan fingerprint density at radius 3 is 3.00 bits per heavy atom. The average molecular weight is 237 g/mol. The van der Waals surface area contributed by atoms with Crippen molar-refractivity contribution in [3.63, 3.8) is 0 Å². The van der Waals surface area contributed by atoms with Crippen molar-refractivity contribution in [2.24, 2.45) is 0 Å². The smallest absolute Gasteiger partial charge is 0.242 e. The van der Waals surface area contributed by atoms with Gasteiger partial charge in [0, 0.05) is 18.6 Å². The third-order valence-electron chi connectivity index (χ3n) is 2.53. The Morgan fingerprint density at radius 2 is 2.35 bits per heavy atom. The number of nitrogens with one attached hydrogen (secondary N) is 2. The topological polar surface area (TPSA) is 71.8 Å². The number of nitrogens with zero attached hydrogens (tertiary/aromatic N) is 3. The molecule has 1 fully saturated rings. The van der Waals surface area contributed by atoms with Gasteiger partial charge in [0.15, 0.2) is 0 Å². The summed E-state index contributed by atoms with van der Waals surface area (Å²) in [6, 6.07) is 0.811. The summed E-state index contributed by atoms with van der Waals surface area (Å²) < 4.78 is 1.58. The monoisotopic (exact) mass is 237 g/mol. The Kier molecular flexibility index (Phi) is 3.73. The van der Waals surface area contributed by atoms with Gasteiger partial charge >= 0.3 is 0 Å². The van der Waals surface area contributed by atoms with E-state index in [1.54, 1.807) is 4.68 Å². The van der Waals surface area contributed by atoms with Gasteiger partial charge in [0.25, 0.3) is 0 Å². The Labute approximate surface area is 101 Å². The van der Waals surface area contributed by atoms with Gasteiger partial charge in [0.1, 0.15) is 6.54 Å². The number of rotatable bonds is 6. The highest BCUT2D eigenvalue weighted by Crippen LogP contribution is 2.18. The van der Waals surface area contributed by atoms with Crippen molar-refractivity contribution in [1.82, 2.24) is 25.6 Å². The first-order valence-corrected chi connectivity index (χ1v) is 6.05. The Balaban J connectivity index is 1.78. The van der Waals surface area contributed by atoms with E-state index < -0.39 is 0 Å². The molecule has 0 spiro atoms. The minimum Gasteiger partial charge on any atom is -0.352 e. The molecule has 0 aromatic carbocycles. The van der Waals surface area contributed by atoms with E-state index in [4.69, 9.17) is 0 Å². The van der Waals surface area contributed by atoms with E-state index in [-0.39, 0.29) is 12.5 Å². The summed E-state index contributed by atoms with van der Waals surface area (Å²) in [6.07, 6.45) is 4.02. The summed E-state index contributed by atoms with van der Waals surface area (Å²) in [4.78, 5) is 11.5. The van der Waals surface area contributed by atoms with Crippen LogP contribution in [0.2, 0.25) is 0 Å². The van der Waals surface area contributed by atoms with E-state index in [0.29, 0.717) is 18.6 Å². The average Bonchev–Trinajstić information content (AvgIpc) is 2.94. The second-order valence-corrected chi connectivity index (χ2v) is 4.78. The van der Waals surface area contributed by atoms with Gasteiger partial charge < -0.3 is 10.6 Å². The molecule has 0 unspecified atom stereocenters. The van der Waals surface area contributed by atoms with Gasteiger partial charge in [0.05, 0.1) is 11.9 Å². The van der Waals surface area contributed by atoms with Crippen LogP contribution in [0.25, 0.3) is 0 Å². The van der Waals surface area contributed by atoms with Crippen molar-refractivity contribution in [3.05, 3.63) is 11.9 Å². The summed E-state index contributed by atoms with van der Waals surface area (Å²) in [5.41, 5.74) is 0.859. The van der Waals surface area contributed by atoms with Crippen LogP contribution in [0, 0.1) is 0 Å². The van der Waals surface area contributed by atoms with Crippen LogP contribution in [-0.4, -0.2) is 33.0 Å². The largest absolute Gasteiger partial charge is 0.352 e. The molecule has 0 bridgehead atoms. The van der Waals surface area contributed by atoms with Crippen LogP contribution in [0.3, 0.4) is 0 Å². The van der Waals surface area contributed by atoms with Gasteiger partial charge in [-0.15, -0.1) is 5.10 Å². The van der Waals surface area contributed by atoms with Crippen molar-refractivity contribution in [1.29, 1.82) is 0 Å². The van der Waals surface area contributed by atoms with Crippen LogP contribution >= 0.6 is 0 Å². The zero-order valence-electron chi connectivity index (χ0n) is 10.3. The van der Waals surface area contributed by atoms with E-state index in [9.17, 15) is 4.79 Å². The van der Waals surface area contributed by atoms with Crippen molar-refractivity contribution in [3.8, 4) is 0 Å². The Hall–Kier alpha value is -1.43. The molecule has 1 heterocycles. The van der Waals surface area contributed by atoms with Crippen LogP contribution < -0.4 is 10.6 Å². The molecule has 6 nitrogen and oxygen atoms in total. The summed E-state index contributed by atoms with van der Waals surface area (Å²) in [7, 11) is 0. The number of carbonyl (C=O) groups is 1. The maximum atomic E-state index is 11.5. The van der Waals surface area contributed by atoms with Gasteiger partial charge in [-0.25, -0.2) is 4.68 Å². The predicted octanol–water partition coefficient (Wildman–Crippen LogP) is 0.0547. The molecule has 1 aromatic rings. The number of carbonyl (C=O) groups excluding carboxylic acids is 1. The fourth-order valence-electron chi connectivity index (χ4n) is 1.45. The molecule has 2 rings (SSSR count).